The Kier molecular flexibility index (Phi) is 3.80. The molecule has 0 atom stereocenters. The summed E-state index contributed by atoms with van der Waals surface area (Å²) in [6.45, 7) is 4.08. The summed E-state index contributed by atoms with van der Waals surface area (Å²) < 4.78 is 10.8. The first kappa shape index (κ1) is 12.6. The molecule has 0 bridgehead atoms. The predicted molar refractivity (Wildman–Crippen MR) is 76.7 cm³/mol. The number of hydrogen-bond donors (Lipinski definition) is 0. The zero-order chi connectivity index (χ0) is 13.1. The third-order valence-electron chi connectivity index (χ3n) is 3.38. The molecule has 1 fully saturated rings. The van der Waals surface area contributed by atoms with E-state index in [1.807, 2.05) is 6.20 Å². The van der Waals surface area contributed by atoms with Crippen LogP contribution in [0.4, 0.5) is 11.4 Å². The highest BCUT2D eigenvalue weighted by Crippen LogP contribution is 2.25. The van der Waals surface area contributed by atoms with E-state index in [-0.39, 0.29) is 0 Å². The van der Waals surface area contributed by atoms with Crippen molar-refractivity contribution in [1.29, 1.82) is 0 Å². The van der Waals surface area contributed by atoms with Crippen LogP contribution in [0.15, 0.2) is 36.2 Å². The average Bonchev–Trinajstić information content (AvgIpc) is 2.97. The quantitative estimate of drug-likeness (QED) is 0.794. The Labute approximate surface area is 118 Å². The number of anilines is 2. The van der Waals surface area contributed by atoms with Gasteiger partial charge in [0.15, 0.2) is 6.73 Å². The van der Waals surface area contributed by atoms with E-state index in [0.717, 1.165) is 37.7 Å². The lowest BCUT2D eigenvalue weighted by molar-refractivity contribution is 0.122. The topological polar surface area (TPSA) is 24.9 Å². The van der Waals surface area contributed by atoms with Gasteiger partial charge < -0.3 is 19.3 Å². The Balaban J connectivity index is 1.70. The molecule has 2 aliphatic heterocycles. The zero-order valence-corrected chi connectivity index (χ0v) is 11.5. The summed E-state index contributed by atoms with van der Waals surface area (Å²) in [5.41, 5.74) is 2.37. The maximum absolute atomic E-state index is 5.75. The summed E-state index contributed by atoms with van der Waals surface area (Å²) in [7, 11) is 0. The molecule has 0 unspecified atom stereocenters. The molecule has 0 amide bonds. The molecular weight excluding hydrogens is 264 g/mol. The third-order valence-corrected chi connectivity index (χ3v) is 3.64. The fraction of sp³-hybridized carbons (Fsp3) is 0.429. The van der Waals surface area contributed by atoms with Gasteiger partial charge in [-0.3, -0.25) is 0 Å². The Morgan fingerprint density at radius 2 is 1.74 bits per heavy atom. The van der Waals surface area contributed by atoms with Gasteiger partial charge >= 0.3 is 0 Å². The van der Waals surface area contributed by atoms with Crippen molar-refractivity contribution in [3.63, 3.8) is 0 Å². The van der Waals surface area contributed by atoms with Crippen molar-refractivity contribution in [2.75, 3.05) is 48.7 Å². The summed E-state index contributed by atoms with van der Waals surface area (Å²) in [5, 5.41) is 0. The standard InChI is InChI=1S/C14H17ClN2O2/c15-9-14-10-17(11-19-14)13-3-1-12(2-4-13)16-5-7-18-8-6-16/h1-4,10H,5-9,11H2. The van der Waals surface area contributed by atoms with Gasteiger partial charge in [-0.1, -0.05) is 0 Å². The number of rotatable bonds is 3. The second kappa shape index (κ2) is 5.72. The summed E-state index contributed by atoms with van der Waals surface area (Å²) >= 11 is 5.75. The summed E-state index contributed by atoms with van der Waals surface area (Å²) in [4.78, 5) is 4.40. The van der Waals surface area contributed by atoms with Gasteiger partial charge in [0.25, 0.3) is 0 Å². The lowest BCUT2D eigenvalue weighted by Crippen LogP contribution is -2.36. The number of hydrogen-bond acceptors (Lipinski definition) is 4. The average molecular weight is 281 g/mol. The molecule has 0 N–H and O–H groups in total. The summed E-state index contributed by atoms with van der Waals surface area (Å²) in [6, 6.07) is 8.52. The van der Waals surface area contributed by atoms with E-state index in [9.17, 15) is 0 Å². The molecule has 0 spiro atoms. The van der Waals surface area contributed by atoms with Crippen molar-refractivity contribution in [2.45, 2.75) is 0 Å². The van der Waals surface area contributed by atoms with Gasteiger partial charge in [0.2, 0.25) is 0 Å². The smallest absolute Gasteiger partial charge is 0.164 e. The number of ether oxygens (including phenoxy) is 2. The normalized spacial score (nSPS) is 19.3. The molecule has 3 rings (SSSR count). The van der Waals surface area contributed by atoms with Crippen LogP contribution < -0.4 is 9.80 Å². The second-order valence-electron chi connectivity index (χ2n) is 4.59. The Hall–Kier alpha value is -1.39. The van der Waals surface area contributed by atoms with E-state index in [1.54, 1.807) is 0 Å². The molecule has 2 heterocycles. The first-order valence-corrected chi connectivity index (χ1v) is 6.99. The minimum atomic E-state index is 0.419. The monoisotopic (exact) mass is 280 g/mol. The molecule has 0 radical (unpaired) electrons. The Bertz CT molecular complexity index is 455. The highest BCUT2D eigenvalue weighted by molar-refractivity contribution is 6.19. The lowest BCUT2D eigenvalue weighted by atomic mass is 10.2. The number of nitrogens with zero attached hydrogens (tertiary/aromatic N) is 2. The molecule has 1 aromatic rings. The molecule has 0 aromatic heterocycles. The highest BCUT2D eigenvalue weighted by atomic mass is 35.5. The molecule has 1 saturated heterocycles. The Morgan fingerprint density at radius 3 is 2.37 bits per heavy atom. The molecule has 0 aliphatic carbocycles. The van der Waals surface area contributed by atoms with E-state index in [1.165, 1.54) is 5.69 Å². The van der Waals surface area contributed by atoms with Gasteiger partial charge in [0.1, 0.15) is 5.76 Å². The van der Waals surface area contributed by atoms with Gasteiger partial charge in [-0.15, -0.1) is 11.6 Å². The fourth-order valence-electron chi connectivity index (χ4n) is 2.30. The van der Waals surface area contributed by atoms with Gasteiger partial charge in [-0.05, 0) is 24.3 Å². The minimum Gasteiger partial charge on any atom is -0.474 e. The van der Waals surface area contributed by atoms with Crippen molar-refractivity contribution in [3.05, 3.63) is 36.2 Å². The molecule has 2 aliphatic rings. The van der Waals surface area contributed by atoms with Crippen LogP contribution in [-0.2, 0) is 9.47 Å². The largest absolute Gasteiger partial charge is 0.474 e. The van der Waals surface area contributed by atoms with Gasteiger partial charge in [-0.2, -0.15) is 0 Å². The first-order valence-electron chi connectivity index (χ1n) is 6.46. The molecule has 19 heavy (non-hydrogen) atoms. The molecule has 102 valence electrons. The molecule has 4 nitrogen and oxygen atoms in total. The van der Waals surface area contributed by atoms with Crippen LogP contribution in [-0.4, -0.2) is 38.9 Å². The van der Waals surface area contributed by atoms with Crippen LogP contribution in [0.25, 0.3) is 0 Å². The lowest BCUT2D eigenvalue weighted by Gasteiger charge is -2.29. The van der Waals surface area contributed by atoms with Crippen LogP contribution in [0, 0.1) is 0 Å². The molecular formula is C14H17ClN2O2. The number of halogens is 1. The number of morpholine rings is 1. The van der Waals surface area contributed by atoms with Crippen LogP contribution in [0.2, 0.25) is 0 Å². The molecule has 5 heteroatoms. The van der Waals surface area contributed by atoms with Crippen LogP contribution >= 0.6 is 11.6 Å². The number of alkyl halides is 1. The van der Waals surface area contributed by atoms with E-state index in [4.69, 9.17) is 21.1 Å². The fourth-order valence-corrected chi connectivity index (χ4v) is 2.45. The third kappa shape index (κ3) is 2.80. The van der Waals surface area contributed by atoms with Gasteiger partial charge in [0, 0.05) is 30.7 Å². The van der Waals surface area contributed by atoms with Crippen molar-refractivity contribution >= 4 is 23.0 Å². The van der Waals surface area contributed by atoms with E-state index < -0.39 is 0 Å². The van der Waals surface area contributed by atoms with E-state index >= 15 is 0 Å². The predicted octanol–water partition coefficient (Wildman–Crippen LogP) is 2.40. The van der Waals surface area contributed by atoms with Crippen molar-refractivity contribution in [2.24, 2.45) is 0 Å². The van der Waals surface area contributed by atoms with Crippen LogP contribution in [0.1, 0.15) is 0 Å². The summed E-state index contributed by atoms with van der Waals surface area (Å²) in [5.74, 6) is 1.24. The molecule has 0 saturated carbocycles. The second-order valence-corrected chi connectivity index (χ2v) is 4.86. The van der Waals surface area contributed by atoms with Crippen LogP contribution in [0.5, 0.6) is 0 Å². The van der Waals surface area contributed by atoms with Crippen molar-refractivity contribution in [3.8, 4) is 0 Å². The maximum Gasteiger partial charge on any atom is 0.164 e. The summed E-state index contributed by atoms with van der Waals surface area (Å²) in [6.07, 6.45) is 1.96. The first-order chi connectivity index (χ1) is 9.36. The zero-order valence-electron chi connectivity index (χ0n) is 10.7. The number of benzene rings is 1. The van der Waals surface area contributed by atoms with E-state index in [2.05, 4.69) is 34.1 Å². The maximum atomic E-state index is 5.75. The van der Waals surface area contributed by atoms with Gasteiger partial charge in [0.05, 0.1) is 19.1 Å². The van der Waals surface area contributed by atoms with Crippen molar-refractivity contribution < 1.29 is 9.47 Å². The van der Waals surface area contributed by atoms with Gasteiger partial charge in [-0.25, -0.2) is 0 Å². The minimum absolute atomic E-state index is 0.419. The Morgan fingerprint density at radius 1 is 1.05 bits per heavy atom. The van der Waals surface area contributed by atoms with E-state index in [0.29, 0.717) is 12.6 Å². The highest BCUT2D eigenvalue weighted by Gasteiger charge is 2.15. The molecule has 1 aromatic carbocycles. The number of allylic oxidation sites excluding steroid dienone is 1. The van der Waals surface area contributed by atoms with Crippen molar-refractivity contribution in [1.82, 2.24) is 0 Å². The SMILES string of the molecule is ClCC1=CN(c2ccc(N3CCOCC3)cc2)CO1. The van der Waals surface area contributed by atoms with Crippen LogP contribution in [0.3, 0.4) is 0 Å².